The highest BCUT2D eigenvalue weighted by atomic mass is 19.1. The summed E-state index contributed by atoms with van der Waals surface area (Å²) in [4.78, 5) is 34.8. The summed E-state index contributed by atoms with van der Waals surface area (Å²) < 4.78 is 13.3. The lowest BCUT2D eigenvalue weighted by atomic mass is 9.96. The van der Waals surface area contributed by atoms with Crippen LogP contribution in [-0.2, 0) is 9.59 Å². The molecule has 0 unspecified atom stereocenters. The molecule has 6 nitrogen and oxygen atoms in total. The molecule has 0 aromatic heterocycles. The number of nitrogens with one attached hydrogen (secondary N) is 3. The summed E-state index contributed by atoms with van der Waals surface area (Å²) in [7, 11) is 0. The second-order valence-corrected chi connectivity index (χ2v) is 5.74. The lowest BCUT2D eigenvalue weighted by molar-refractivity contribution is -0.128. The molecule has 0 spiro atoms. The average Bonchev–Trinajstić information content (AvgIpc) is 2.44. The molecule has 0 fully saturated rings. The van der Waals surface area contributed by atoms with Crippen LogP contribution in [0.2, 0.25) is 0 Å². The second kappa shape index (κ2) is 7.53. The smallest absolute Gasteiger partial charge is 0.272 e. The van der Waals surface area contributed by atoms with E-state index >= 15 is 0 Å². The Morgan fingerprint density at radius 1 is 1.09 bits per heavy atom. The van der Waals surface area contributed by atoms with Crippen LogP contribution in [0.3, 0.4) is 0 Å². The molecule has 1 rings (SSSR count). The van der Waals surface area contributed by atoms with E-state index in [4.69, 9.17) is 0 Å². The molecule has 3 amide bonds. The standard InChI is InChI=1S/C15H20FN3O3/c1-15(2,3)14(22)17-9-8-12(20)18-19-13(21)10-6-4-5-7-11(10)16/h4-7H,8-9H2,1-3H3,(H,17,22)(H,18,20)(H,19,21). The van der Waals surface area contributed by atoms with Gasteiger partial charge >= 0.3 is 0 Å². The molecular formula is C15H20FN3O3. The predicted molar refractivity (Wildman–Crippen MR) is 79.1 cm³/mol. The van der Waals surface area contributed by atoms with Crippen molar-refractivity contribution in [1.29, 1.82) is 0 Å². The number of halogens is 1. The summed E-state index contributed by atoms with van der Waals surface area (Å²) in [6, 6.07) is 5.43. The van der Waals surface area contributed by atoms with Crippen molar-refractivity contribution in [3.8, 4) is 0 Å². The zero-order valence-electron chi connectivity index (χ0n) is 12.8. The summed E-state index contributed by atoms with van der Waals surface area (Å²) in [5.41, 5.74) is 3.59. The van der Waals surface area contributed by atoms with Crippen LogP contribution in [0.4, 0.5) is 4.39 Å². The fourth-order valence-corrected chi connectivity index (χ4v) is 1.46. The topological polar surface area (TPSA) is 87.3 Å². The largest absolute Gasteiger partial charge is 0.355 e. The van der Waals surface area contributed by atoms with Gasteiger partial charge in [0.2, 0.25) is 11.8 Å². The molecule has 3 N–H and O–H groups in total. The maximum atomic E-state index is 13.3. The molecule has 0 aliphatic carbocycles. The van der Waals surface area contributed by atoms with Crippen LogP contribution >= 0.6 is 0 Å². The molecule has 0 aliphatic heterocycles. The fraction of sp³-hybridized carbons (Fsp3) is 0.400. The van der Waals surface area contributed by atoms with E-state index in [1.807, 2.05) is 0 Å². The van der Waals surface area contributed by atoms with Gasteiger partial charge < -0.3 is 5.32 Å². The van der Waals surface area contributed by atoms with Crippen molar-refractivity contribution in [1.82, 2.24) is 16.2 Å². The lowest BCUT2D eigenvalue weighted by Gasteiger charge is -2.17. The first-order valence-electron chi connectivity index (χ1n) is 6.84. The molecule has 0 aliphatic rings. The van der Waals surface area contributed by atoms with Crippen LogP contribution in [0.1, 0.15) is 37.6 Å². The quantitative estimate of drug-likeness (QED) is 0.729. The zero-order chi connectivity index (χ0) is 16.8. The first-order chi connectivity index (χ1) is 10.2. The number of benzene rings is 1. The van der Waals surface area contributed by atoms with Gasteiger partial charge in [-0.1, -0.05) is 32.9 Å². The van der Waals surface area contributed by atoms with E-state index in [1.54, 1.807) is 20.8 Å². The van der Waals surface area contributed by atoms with Gasteiger partial charge in [-0.05, 0) is 12.1 Å². The number of carbonyl (C=O) groups is 3. The third kappa shape index (κ3) is 5.51. The summed E-state index contributed by atoms with van der Waals surface area (Å²) >= 11 is 0. The van der Waals surface area contributed by atoms with E-state index in [0.29, 0.717) is 0 Å². The Morgan fingerprint density at radius 3 is 2.32 bits per heavy atom. The monoisotopic (exact) mass is 309 g/mol. The van der Waals surface area contributed by atoms with Crippen molar-refractivity contribution in [2.24, 2.45) is 5.41 Å². The van der Waals surface area contributed by atoms with E-state index in [2.05, 4.69) is 16.2 Å². The number of carbonyl (C=O) groups excluding carboxylic acids is 3. The number of hydrogen-bond donors (Lipinski definition) is 3. The third-order valence-corrected chi connectivity index (χ3v) is 2.75. The Labute approximate surface area is 128 Å². The van der Waals surface area contributed by atoms with Gasteiger partial charge in [0, 0.05) is 18.4 Å². The van der Waals surface area contributed by atoms with Gasteiger partial charge in [-0.3, -0.25) is 25.2 Å². The van der Waals surface area contributed by atoms with E-state index in [0.717, 1.165) is 6.07 Å². The van der Waals surface area contributed by atoms with Crippen molar-refractivity contribution in [2.45, 2.75) is 27.2 Å². The fourth-order valence-electron chi connectivity index (χ4n) is 1.46. The number of hydrazine groups is 1. The van der Waals surface area contributed by atoms with Crippen LogP contribution in [0, 0.1) is 11.2 Å². The van der Waals surface area contributed by atoms with Crippen molar-refractivity contribution in [3.63, 3.8) is 0 Å². The summed E-state index contributed by atoms with van der Waals surface area (Å²) in [6.07, 6.45) is -0.000623. The minimum absolute atomic E-state index is 0.000623. The maximum absolute atomic E-state index is 13.3. The first-order valence-corrected chi connectivity index (χ1v) is 6.84. The van der Waals surface area contributed by atoms with Crippen molar-refractivity contribution in [3.05, 3.63) is 35.6 Å². The molecule has 0 saturated carbocycles. The second-order valence-electron chi connectivity index (χ2n) is 5.74. The van der Waals surface area contributed by atoms with Gasteiger partial charge in [0.15, 0.2) is 0 Å². The number of rotatable bonds is 4. The van der Waals surface area contributed by atoms with Gasteiger partial charge in [0.1, 0.15) is 5.82 Å². The van der Waals surface area contributed by atoms with E-state index in [9.17, 15) is 18.8 Å². The molecule has 0 saturated heterocycles. The molecule has 1 aromatic rings. The molecule has 22 heavy (non-hydrogen) atoms. The molecule has 7 heteroatoms. The van der Waals surface area contributed by atoms with Gasteiger partial charge in [-0.2, -0.15) is 0 Å². The molecular weight excluding hydrogens is 289 g/mol. The summed E-state index contributed by atoms with van der Waals surface area (Å²) in [5, 5.41) is 2.61. The highest BCUT2D eigenvalue weighted by molar-refractivity contribution is 5.95. The van der Waals surface area contributed by atoms with Crippen LogP contribution in [-0.4, -0.2) is 24.3 Å². The molecule has 0 bridgehead atoms. The predicted octanol–water partition coefficient (Wildman–Crippen LogP) is 1.14. The van der Waals surface area contributed by atoms with Gasteiger partial charge in [-0.15, -0.1) is 0 Å². The lowest BCUT2D eigenvalue weighted by Crippen LogP contribution is -2.43. The minimum Gasteiger partial charge on any atom is -0.355 e. The molecule has 0 radical (unpaired) electrons. The van der Waals surface area contributed by atoms with Crippen molar-refractivity contribution < 1.29 is 18.8 Å². The Bertz CT molecular complexity index is 567. The van der Waals surface area contributed by atoms with Gasteiger partial charge in [-0.25, -0.2) is 4.39 Å². The third-order valence-electron chi connectivity index (χ3n) is 2.75. The van der Waals surface area contributed by atoms with Crippen LogP contribution < -0.4 is 16.2 Å². The number of hydrogen-bond acceptors (Lipinski definition) is 3. The number of amides is 3. The summed E-state index contributed by atoms with van der Waals surface area (Å²) in [5.74, 6) is -2.08. The maximum Gasteiger partial charge on any atom is 0.272 e. The molecule has 120 valence electrons. The SMILES string of the molecule is CC(C)(C)C(=O)NCCC(=O)NNC(=O)c1ccccc1F. The van der Waals surface area contributed by atoms with E-state index in [-0.39, 0.29) is 24.4 Å². The Balaban J connectivity index is 2.34. The summed E-state index contributed by atoms with van der Waals surface area (Å²) in [6.45, 7) is 5.43. The highest BCUT2D eigenvalue weighted by Crippen LogP contribution is 2.12. The van der Waals surface area contributed by atoms with Crippen LogP contribution in [0.5, 0.6) is 0 Å². The minimum atomic E-state index is -0.745. The molecule has 1 aromatic carbocycles. The molecule has 0 heterocycles. The Hall–Kier alpha value is -2.44. The molecule has 0 atom stereocenters. The normalized spacial score (nSPS) is 10.7. The van der Waals surface area contributed by atoms with E-state index < -0.39 is 23.0 Å². The average molecular weight is 309 g/mol. The Morgan fingerprint density at radius 2 is 1.73 bits per heavy atom. The van der Waals surface area contributed by atoms with Gasteiger partial charge in [0.25, 0.3) is 5.91 Å². The first kappa shape index (κ1) is 17.6. The van der Waals surface area contributed by atoms with E-state index in [1.165, 1.54) is 18.2 Å². The zero-order valence-corrected chi connectivity index (χ0v) is 12.8. The van der Waals surface area contributed by atoms with Crippen molar-refractivity contribution in [2.75, 3.05) is 6.54 Å². The highest BCUT2D eigenvalue weighted by Gasteiger charge is 2.20. The van der Waals surface area contributed by atoms with Crippen molar-refractivity contribution >= 4 is 17.7 Å². The van der Waals surface area contributed by atoms with Crippen LogP contribution in [0.25, 0.3) is 0 Å². The van der Waals surface area contributed by atoms with Gasteiger partial charge in [0.05, 0.1) is 5.56 Å². The van der Waals surface area contributed by atoms with Crippen LogP contribution in [0.15, 0.2) is 24.3 Å². The Kier molecular flexibility index (Phi) is 6.03.